The second-order valence-corrected chi connectivity index (χ2v) is 6.24. The van der Waals surface area contributed by atoms with Gasteiger partial charge >= 0.3 is 6.18 Å². The van der Waals surface area contributed by atoms with Crippen molar-refractivity contribution < 1.29 is 23.1 Å². The third-order valence-corrected chi connectivity index (χ3v) is 4.34. The summed E-state index contributed by atoms with van der Waals surface area (Å²) in [7, 11) is 1.72. The van der Waals surface area contributed by atoms with Gasteiger partial charge in [-0.25, -0.2) is 0 Å². The number of β-amino-alcohol motifs (C(OH)–C–C–N with tert-alkyl or cyclic N) is 1. The highest BCUT2D eigenvalue weighted by Crippen LogP contribution is 2.40. The number of carbonyl (C=O) groups excluding carboxylic acids is 1. The van der Waals surface area contributed by atoms with Gasteiger partial charge in [0.2, 0.25) is 5.91 Å². The van der Waals surface area contributed by atoms with E-state index in [2.05, 4.69) is 5.10 Å². The SMILES string of the molecule is Cn1cc(CC(=O)N2C[C@@H](O)C[C@H]2c2ccccc2C(F)(F)F)cn1. The fraction of sp³-hybridized carbons (Fsp3) is 0.412. The molecule has 1 aromatic heterocycles. The van der Waals surface area contributed by atoms with E-state index in [4.69, 9.17) is 0 Å². The zero-order valence-electron chi connectivity index (χ0n) is 13.6. The van der Waals surface area contributed by atoms with Gasteiger partial charge < -0.3 is 10.0 Å². The Morgan fingerprint density at radius 2 is 2.08 bits per heavy atom. The zero-order valence-corrected chi connectivity index (χ0v) is 13.6. The lowest BCUT2D eigenvalue weighted by atomic mass is 9.97. The molecule has 0 saturated carbocycles. The van der Waals surface area contributed by atoms with Crippen LogP contribution in [-0.2, 0) is 24.4 Å². The van der Waals surface area contributed by atoms with Gasteiger partial charge in [0.1, 0.15) is 0 Å². The largest absolute Gasteiger partial charge is 0.416 e. The van der Waals surface area contributed by atoms with Gasteiger partial charge in [-0.15, -0.1) is 0 Å². The van der Waals surface area contributed by atoms with E-state index in [0.717, 1.165) is 6.07 Å². The molecule has 25 heavy (non-hydrogen) atoms. The summed E-state index contributed by atoms with van der Waals surface area (Å²) in [6, 6.07) is 4.41. The van der Waals surface area contributed by atoms with Crippen molar-refractivity contribution in [2.45, 2.75) is 31.2 Å². The molecule has 134 valence electrons. The van der Waals surface area contributed by atoms with E-state index in [9.17, 15) is 23.1 Å². The second-order valence-electron chi connectivity index (χ2n) is 6.24. The summed E-state index contributed by atoms with van der Waals surface area (Å²) in [5.41, 5.74) is -0.0730. The Bertz CT molecular complexity index is 772. The van der Waals surface area contributed by atoms with E-state index in [-0.39, 0.29) is 30.9 Å². The van der Waals surface area contributed by atoms with Crippen molar-refractivity contribution in [2.75, 3.05) is 6.54 Å². The van der Waals surface area contributed by atoms with Gasteiger partial charge in [0.05, 0.1) is 30.3 Å². The van der Waals surface area contributed by atoms with Crippen molar-refractivity contribution in [1.29, 1.82) is 0 Å². The van der Waals surface area contributed by atoms with Gasteiger partial charge in [0, 0.05) is 19.8 Å². The number of amides is 1. The molecule has 1 aliphatic rings. The van der Waals surface area contributed by atoms with Crippen LogP contribution in [-0.4, -0.2) is 38.3 Å². The van der Waals surface area contributed by atoms with Crippen molar-refractivity contribution in [1.82, 2.24) is 14.7 Å². The number of aromatic nitrogens is 2. The van der Waals surface area contributed by atoms with Crippen LogP contribution >= 0.6 is 0 Å². The number of aryl methyl sites for hydroxylation is 1. The van der Waals surface area contributed by atoms with Gasteiger partial charge in [-0.05, 0) is 23.6 Å². The summed E-state index contributed by atoms with van der Waals surface area (Å²) in [4.78, 5) is 13.9. The Kier molecular flexibility index (Phi) is 4.55. The van der Waals surface area contributed by atoms with Crippen LogP contribution in [0.15, 0.2) is 36.7 Å². The average Bonchev–Trinajstić information content (AvgIpc) is 3.12. The zero-order chi connectivity index (χ0) is 18.2. The number of aliphatic hydroxyl groups excluding tert-OH is 1. The van der Waals surface area contributed by atoms with Gasteiger partial charge in [-0.2, -0.15) is 18.3 Å². The maximum Gasteiger partial charge on any atom is 0.416 e. The number of hydrogen-bond acceptors (Lipinski definition) is 3. The molecule has 1 aromatic carbocycles. The molecule has 2 atom stereocenters. The van der Waals surface area contributed by atoms with Crippen molar-refractivity contribution in [2.24, 2.45) is 7.05 Å². The molecule has 0 aliphatic carbocycles. The predicted octanol–water partition coefficient (Wildman–Crippen LogP) is 2.32. The highest BCUT2D eigenvalue weighted by Gasteiger charge is 2.41. The van der Waals surface area contributed by atoms with Crippen LogP contribution in [0.1, 0.15) is 29.2 Å². The first-order chi connectivity index (χ1) is 11.8. The van der Waals surface area contributed by atoms with Crippen LogP contribution in [0.25, 0.3) is 0 Å². The molecule has 0 unspecified atom stereocenters. The molecule has 5 nitrogen and oxygen atoms in total. The smallest absolute Gasteiger partial charge is 0.391 e. The molecule has 1 amide bonds. The Labute approximate surface area is 142 Å². The molecule has 0 radical (unpaired) electrons. The maximum absolute atomic E-state index is 13.3. The summed E-state index contributed by atoms with van der Waals surface area (Å²) in [6.07, 6.45) is -2.00. The number of halogens is 3. The van der Waals surface area contributed by atoms with Gasteiger partial charge in [0.25, 0.3) is 0 Å². The first-order valence-corrected chi connectivity index (χ1v) is 7.87. The molecular weight excluding hydrogens is 335 g/mol. The van der Waals surface area contributed by atoms with E-state index in [1.807, 2.05) is 0 Å². The number of rotatable bonds is 3. The van der Waals surface area contributed by atoms with E-state index >= 15 is 0 Å². The highest BCUT2D eigenvalue weighted by atomic mass is 19.4. The first-order valence-electron chi connectivity index (χ1n) is 7.87. The summed E-state index contributed by atoms with van der Waals surface area (Å²) < 4.78 is 41.5. The summed E-state index contributed by atoms with van der Waals surface area (Å²) in [5.74, 6) is -0.327. The van der Waals surface area contributed by atoms with Crippen LogP contribution in [0.5, 0.6) is 0 Å². The van der Waals surface area contributed by atoms with Crippen LogP contribution in [0.2, 0.25) is 0 Å². The fourth-order valence-corrected chi connectivity index (χ4v) is 3.27. The number of alkyl halides is 3. The van der Waals surface area contributed by atoms with Crippen LogP contribution in [0.3, 0.4) is 0 Å². The molecular formula is C17H18F3N3O2. The molecule has 1 fully saturated rings. The summed E-state index contributed by atoms with van der Waals surface area (Å²) in [6.45, 7) is 0.0238. The number of hydrogen-bond donors (Lipinski definition) is 1. The number of nitrogens with zero attached hydrogens (tertiary/aromatic N) is 3. The molecule has 2 heterocycles. The van der Waals surface area contributed by atoms with Gasteiger partial charge in [0.15, 0.2) is 0 Å². The molecule has 1 saturated heterocycles. The van der Waals surface area contributed by atoms with Crippen molar-refractivity contribution in [3.63, 3.8) is 0 Å². The number of benzene rings is 1. The van der Waals surface area contributed by atoms with Gasteiger partial charge in [-0.1, -0.05) is 18.2 Å². The molecule has 8 heteroatoms. The summed E-state index contributed by atoms with van der Waals surface area (Å²) >= 11 is 0. The minimum absolute atomic E-state index is 0.0195. The van der Waals surface area contributed by atoms with Crippen molar-refractivity contribution in [3.05, 3.63) is 53.3 Å². The van der Waals surface area contributed by atoms with Crippen molar-refractivity contribution >= 4 is 5.91 Å². The maximum atomic E-state index is 13.3. The normalized spacial score (nSPS) is 20.9. The number of likely N-dealkylation sites (tertiary alicyclic amines) is 1. The molecule has 3 rings (SSSR count). The average molecular weight is 353 g/mol. The Morgan fingerprint density at radius 1 is 1.36 bits per heavy atom. The molecule has 2 aromatic rings. The summed E-state index contributed by atoms with van der Waals surface area (Å²) in [5, 5.41) is 13.9. The first kappa shape index (κ1) is 17.5. The quantitative estimate of drug-likeness (QED) is 0.921. The third-order valence-electron chi connectivity index (χ3n) is 4.34. The Morgan fingerprint density at radius 3 is 2.72 bits per heavy atom. The van der Waals surface area contributed by atoms with E-state index in [0.29, 0.717) is 5.56 Å². The van der Waals surface area contributed by atoms with E-state index in [1.54, 1.807) is 24.1 Å². The standard InChI is InChI=1S/C17H18F3N3O2/c1-22-9-11(8-21-22)6-16(25)23-10-12(24)7-15(23)13-4-2-3-5-14(13)17(18,19)20/h2-5,8-9,12,15,24H,6-7,10H2,1H3/t12-,15-/m0/s1. The lowest BCUT2D eigenvalue weighted by molar-refractivity contribution is -0.140. The van der Waals surface area contributed by atoms with Crippen LogP contribution in [0.4, 0.5) is 13.2 Å². The predicted molar refractivity (Wildman–Crippen MR) is 83.4 cm³/mol. The second kappa shape index (κ2) is 6.51. The molecule has 1 aliphatic heterocycles. The Balaban J connectivity index is 1.89. The van der Waals surface area contributed by atoms with Gasteiger partial charge in [-0.3, -0.25) is 9.48 Å². The number of carbonyl (C=O) groups is 1. The molecule has 0 bridgehead atoms. The van der Waals surface area contributed by atoms with Crippen LogP contribution in [0, 0.1) is 0 Å². The molecule has 0 spiro atoms. The topological polar surface area (TPSA) is 58.4 Å². The molecule has 1 N–H and O–H groups in total. The fourth-order valence-electron chi connectivity index (χ4n) is 3.27. The van der Waals surface area contributed by atoms with Crippen molar-refractivity contribution in [3.8, 4) is 0 Å². The Hall–Kier alpha value is -2.35. The van der Waals surface area contributed by atoms with E-state index < -0.39 is 23.9 Å². The minimum atomic E-state index is -4.51. The number of aliphatic hydroxyl groups is 1. The van der Waals surface area contributed by atoms with Crippen LogP contribution < -0.4 is 0 Å². The highest BCUT2D eigenvalue weighted by molar-refractivity contribution is 5.79. The lowest BCUT2D eigenvalue weighted by Gasteiger charge is -2.27. The van der Waals surface area contributed by atoms with E-state index in [1.165, 1.54) is 23.1 Å². The third kappa shape index (κ3) is 3.68. The lowest BCUT2D eigenvalue weighted by Crippen LogP contribution is -2.33. The monoisotopic (exact) mass is 353 g/mol. The minimum Gasteiger partial charge on any atom is -0.391 e.